The zero-order valence-electron chi connectivity index (χ0n) is 18.5. The predicted molar refractivity (Wildman–Crippen MR) is 119 cm³/mol. The first-order valence-electron chi connectivity index (χ1n) is 10.7. The number of imidazole rings is 2. The van der Waals surface area contributed by atoms with Crippen molar-refractivity contribution in [3.8, 4) is 5.75 Å². The number of ether oxygens (including phenoxy) is 1. The van der Waals surface area contributed by atoms with Gasteiger partial charge < -0.3 is 20.0 Å². The van der Waals surface area contributed by atoms with E-state index in [1.807, 2.05) is 4.98 Å². The molecule has 0 saturated heterocycles. The van der Waals surface area contributed by atoms with E-state index in [0.717, 1.165) is 16.7 Å². The molecule has 0 bridgehead atoms. The molecule has 7 nitrogen and oxygen atoms in total. The van der Waals surface area contributed by atoms with Crippen LogP contribution < -0.4 is 10.5 Å². The lowest BCUT2D eigenvalue weighted by atomic mass is 10.2. The van der Waals surface area contributed by atoms with E-state index in [0.29, 0.717) is 0 Å². The van der Waals surface area contributed by atoms with Crippen LogP contribution in [0.15, 0.2) is 48.5 Å². The van der Waals surface area contributed by atoms with Crippen LogP contribution in [0.3, 0.4) is 0 Å². The Morgan fingerprint density at radius 2 is 1.73 bits per heavy atom. The average molecular weight is 519 g/mol. The molecule has 0 radical (unpaired) electrons. The van der Waals surface area contributed by atoms with Crippen molar-refractivity contribution in [2.24, 2.45) is 5.73 Å². The average Bonchev–Trinajstić information content (AvgIpc) is 3.47. The zero-order valence-corrected chi connectivity index (χ0v) is 18.5. The second kappa shape index (κ2) is 8.84. The second-order valence-corrected chi connectivity index (χ2v) is 7.99. The first-order valence-corrected chi connectivity index (χ1v) is 10.7. The highest BCUT2D eigenvalue weighted by molar-refractivity contribution is 5.96. The fraction of sp³-hybridized carbons (Fsp3) is 0.125. The number of benzene rings is 3. The number of aromatic amines is 1. The maximum atomic E-state index is 15.8. The van der Waals surface area contributed by atoms with Gasteiger partial charge in [-0.3, -0.25) is 4.79 Å². The van der Waals surface area contributed by atoms with Crippen LogP contribution in [-0.4, -0.2) is 32.0 Å². The summed E-state index contributed by atoms with van der Waals surface area (Å²) in [5, 5.41) is 0. The van der Waals surface area contributed by atoms with Crippen molar-refractivity contribution in [2.75, 3.05) is 6.61 Å². The summed E-state index contributed by atoms with van der Waals surface area (Å²) in [7, 11) is 0. The third-order valence-corrected chi connectivity index (χ3v) is 5.62. The maximum absolute atomic E-state index is 15.8. The molecule has 13 heteroatoms. The van der Waals surface area contributed by atoms with Gasteiger partial charge in [0.2, 0.25) is 5.91 Å². The summed E-state index contributed by atoms with van der Waals surface area (Å²) in [5.74, 6) is -11.7. The number of amides is 1. The fourth-order valence-corrected chi connectivity index (χ4v) is 3.85. The number of nitrogens with zero attached hydrogens (tertiary/aromatic N) is 3. The summed E-state index contributed by atoms with van der Waals surface area (Å²) in [5.41, 5.74) is 3.81. The molecule has 5 aromatic rings. The highest BCUT2D eigenvalue weighted by Crippen LogP contribution is 2.37. The van der Waals surface area contributed by atoms with Gasteiger partial charge in [-0.1, -0.05) is 0 Å². The number of carbonyl (C=O) groups excluding carboxylic acids is 1. The number of aromatic nitrogens is 4. The Balaban J connectivity index is 1.60. The lowest BCUT2D eigenvalue weighted by molar-refractivity contribution is 0.0204. The number of nitrogens with one attached hydrogen (secondary N) is 1. The lowest BCUT2D eigenvalue weighted by Gasteiger charge is -2.16. The van der Waals surface area contributed by atoms with Crippen molar-refractivity contribution in [1.82, 2.24) is 19.5 Å². The van der Waals surface area contributed by atoms with Crippen LogP contribution in [0.4, 0.5) is 26.3 Å². The van der Waals surface area contributed by atoms with Crippen molar-refractivity contribution in [2.45, 2.75) is 12.5 Å². The molecule has 0 fully saturated rings. The summed E-state index contributed by atoms with van der Waals surface area (Å²) in [4.78, 5) is 21.1. The number of alkyl halides is 2. The van der Waals surface area contributed by atoms with E-state index >= 15 is 8.78 Å². The molecule has 0 aliphatic heterocycles. The normalized spacial score (nSPS) is 11.9. The van der Waals surface area contributed by atoms with Gasteiger partial charge >= 0.3 is 5.92 Å². The number of hydrogen-bond donors (Lipinski definition) is 2. The molecule has 0 saturated carbocycles. The van der Waals surface area contributed by atoms with Gasteiger partial charge in [0.15, 0.2) is 29.1 Å². The molecule has 0 aliphatic carbocycles. The van der Waals surface area contributed by atoms with E-state index in [1.54, 1.807) is 0 Å². The van der Waals surface area contributed by atoms with E-state index in [1.165, 1.54) is 30.3 Å². The number of halogens is 6. The molecule has 1 amide bonds. The molecule has 2 heterocycles. The van der Waals surface area contributed by atoms with Gasteiger partial charge in [-0.15, -0.1) is 0 Å². The Hall–Kier alpha value is -4.55. The third-order valence-electron chi connectivity index (χ3n) is 5.62. The summed E-state index contributed by atoms with van der Waals surface area (Å²) in [6, 6.07) is 9.07. The van der Waals surface area contributed by atoms with E-state index in [2.05, 4.69) is 9.97 Å². The fourth-order valence-electron chi connectivity index (χ4n) is 3.85. The maximum Gasteiger partial charge on any atom is 0.361 e. The minimum Gasteiger partial charge on any atom is -0.492 e. The zero-order chi connectivity index (χ0) is 26.5. The molecule has 190 valence electrons. The minimum absolute atomic E-state index is 0.0197. The van der Waals surface area contributed by atoms with E-state index < -0.39 is 57.8 Å². The standard InChI is InChI=1S/C24H15F6N5O2/c25-12-2-4-13(5-3-12)37-8-7-35-17-9-11(21(31)36)1-6-16(17)32-23(35)24(29,30)22-33-19-15(27)10-14(26)18(28)20(19)34-22/h1-6,9-10H,7-8H2,(H2,31,36)(H,33,34). The van der Waals surface area contributed by atoms with Gasteiger partial charge in [0.1, 0.15) is 29.2 Å². The molecule has 0 atom stereocenters. The van der Waals surface area contributed by atoms with E-state index in [9.17, 15) is 22.4 Å². The third kappa shape index (κ3) is 4.21. The van der Waals surface area contributed by atoms with Gasteiger partial charge in [0, 0.05) is 11.6 Å². The Morgan fingerprint density at radius 3 is 2.43 bits per heavy atom. The van der Waals surface area contributed by atoms with E-state index in [-0.39, 0.29) is 41.6 Å². The number of fused-ring (bicyclic) bond motifs is 2. The smallest absolute Gasteiger partial charge is 0.361 e. The second-order valence-electron chi connectivity index (χ2n) is 7.99. The Bertz CT molecular complexity index is 1660. The first kappa shape index (κ1) is 24.2. The van der Waals surface area contributed by atoms with Crippen LogP contribution in [0, 0.1) is 23.3 Å². The Morgan fingerprint density at radius 1 is 1.00 bits per heavy atom. The number of nitrogens with two attached hydrogens (primary N) is 1. The number of carbonyl (C=O) groups is 1. The molecule has 0 unspecified atom stereocenters. The number of primary amides is 1. The SMILES string of the molecule is NC(=O)c1ccc2nc(C(F)(F)c3nc4c(F)cc(F)c(F)c4[nH]3)n(CCOc3ccc(F)cc3)c2c1. The van der Waals surface area contributed by atoms with Crippen LogP contribution in [0.5, 0.6) is 5.75 Å². The Kier molecular flexibility index (Phi) is 5.77. The highest BCUT2D eigenvalue weighted by Gasteiger charge is 2.43. The lowest BCUT2D eigenvalue weighted by Crippen LogP contribution is -2.24. The van der Waals surface area contributed by atoms with Crippen LogP contribution in [-0.2, 0) is 12.5 Å². The molecule has 2 aromatic heterocycles. The molecule has 5 rings (SSSR count). The van der Waals surface area contributed by atoms with Crippen molar-refractivity contribution in [3.63, 3.8) is 0 Å². The Labute approximate surface area is 203 Å². The van der Waals surface area contributed by atoms with Crippen molar-refractivity contribution >= 4 is 28.0 Å². The number of rotatable bonds is 7. The summed E-state index contributed by atoms with van der Waals surface area (Å²) < 4.78 is 93.0. The molecule has 37 heavy (non-hydrogen) atoms. The molecule has 3 aromatic carbocycles. The topological polar surface area (TPSA) is 98.8 Å². The van der Waals surface area contributed by atoms with Gasteiger partial charge in [-0.2, -0.15) is 8.78 Å². The highest BCUT2D eigenvalue weighted by atomic mass is 19.3. The summed E-state index contributed by atoms with van der Waals surface area (Å²) in [6.45, 7) is -0.422. The van der Waals surface area contributed by atoms with Crippen molar-refractivity contribution in [3.05, 3.63) is 89.0 Å². The quantitative estimate of drug-likeness (QED) is 0.239. The summed E-state index contributed by atoms with van der Waals surface area (Å²) >= 11 is 0. The van der Waals surface area contributed by atoms with Crippen LogP contribution in [0.2, 0.25) is 0 Å². The summed E-state index contributed by atoms with van der Waals surface area (Å²) in [6.07, 6.45) is 0. The van der Waals surface area contributed by atoms with E-state index in [4.69, 9.17) is 10.5 Å². The van der Waals surface area contributed by atoms with Gasteiger partial charge in [-0.05, 0) is 42.5 Å². The van der Waals surface area contributed by atoms with Crippen molar-refractivity contribution < 1.29 is 35.9 Å². The predicted octanol–water partition coefficient (Wildman–Crippen LogP) is 4.79. The minimum atomic E-state index is -4.06. The molecule has 3 N–H and O–H groups in total. The largest absolute Gasteiger partial charge is 0.492 e. The monoisotopic (exact) mass is 519 g/mol. The van der Waals surface area contributed by atoms with Gasteiger partial charge in [0.25, 0.3) is 0 Å². The molecule has 0 aliphatic rings. The van der Waals surface area contributed by atoms with Crippen LogP contribution in [0.1, 0.15) is 22.0 Å². The van der Waals surface area contributed by atoms with Crippen LogP contribution in [0.25, 0.3) is 22.1 Å². The molecular weight excluding hydrogens is 504 g/mol. The van der Waals surface area contributed by atoms with Crippen LogP contribution >= 0.6 is 0 Å². The molecule has 0 spiro atoms. The number of hydrogen-bond acceptors (Lipinski definition) is 4. The first-order chi connectivity index (χ1) is 17.6. The molecular formula is C24H15F6N5O2. The van der Waals surface area contributed by atoms with Crippen molar-refractivity contribution in [1.29, 1.82) is 0 Å². The van der Waals surface area contributed by atoms with Gasteiger partial charge in [0.05, 0.1) is 17.6 Å². The van der Waals surface area contributed by atoms with Gasteiger partial charge in [-0.25, -0.2) is 27.5 Å². The number of H-pyrrole nitrogens is 1.